The number of para-hydroxylation sites is 1. The molecule has 0 saturated carbocycles. The minimum Gasteiger partial charge on any atom is -0.351 e. The molecule has 20 heavy (non-hydrogen) atoms. The Balaban J connectivity index is 2.34. The van der Waals surface area contributed by atoms with Crippen LogP contribution >= 0.6 is 11.8 Å². The molecule has 0 spiro atoms. The van der Waals surface area contributed by atoms with Gasteiger partial charge in [-0.05, 0) is 18.4 Å². The van der Waals surface area contributed by atoms with Crippen molar-refractivity contribution >= 4 is 34.4 Å². The molecule has 106 valence electrons. The molecule has 1 amide bonds. The predicted octanol–water partition coefficient (Wildman–Crippen LogP) is 2.00. The number of anilines is 1. The van der Waals surface area contributed by atoms with Crippen molar-refractivity contribution in [1.29, 1.82) is 0 Å². The van der Waals surface area contributed by atoms with E-state index in [-0.39, 0.29) is 5.91 Å². The van der Waals surface area contributed by atoms with Crippen LogP contribution in [0.2, 0.25) is 0 Å². The van der Waals surface area contributed by atoms with Crippen LogP contribution in [-0.2, 0) is 0 Å². The maximum absolute atomic E-state index is 12.3. The largest absolute Gasteiger partial charge is 0.351 e. The first kappa shape index (κ1) is 14.6. The zero-order valence-electron chi connectivity index (χ0n) is 11.5. The summed E-state index contributed by atoms with van der Waals surface area (Å²) in [5, 5.41) is 4.13. The minimum absolute atomic E-state index is 0.110. The van der Waals surface area contributed by atoms with Gasteiger partial charge in [-0.3, -0.25) is 4.79 Å². The topological polar surface area (TPSA) is 80.0 Å². The highest BCUT2D eigenvalue weighted by atomic mass is 32.2. The number of aromatic nitrogens is 1. The van der Waals surface area contributed by atoms with E-state index in [1.54, 1.807) is 17.8 Å². The Kier molecular flexibility index (Phi) is 4.81. The number of nitrogens with two attached hydrogens (primary N) is 1. The Bertz CT molecular complexity index is 617. The van der Waals surface area contributed by atoms with Crippen molar-refractivity contribution in [1.82, 2.24) is 10.3 Å². The van der Waals surface area contributed by atoms with E-state index in [2.05, 4.69) is 22.7 Å². The maximum Gasteiger partial charge on any atom is 0.252 e. The first-order valence-corrected chi connectivity index (χ1v) is 7.62. The number of hydrogen-bond acceptors (Lipinski definition) is 5. The summed E-state index contributed by atoms with van der Waals surface area (Å²) in [6.07, 6.45) is 2.02. The molecule has 0 aliphatic heterocycles. The molecule has 1 atom stereocenters. The highest BCUT2D eigenvalue weighted by Gasteiger charge is 2.13. The molecular formula is C14H18N4OS. The van der Waals surface area contributed by atoms with E-state index in [4.69, 9.17) is 5.84 Å². The lowest BCUT2D eigenvalue weighted by Gasteiger charge is -2.12. The van der Waals surface area contributed by atoms with E-state index in [0.29, 0.717) is 23.2 Å². The number of hydrogen-bond donors (Lipinski definition) is 3. The Morgan fingerprint density at radius 2 is 2.20 bits per heavy atom. The third-order valence-electron chi connectivity index (χ3n) is 3.06. The van der Waals surface area contributed by atoms with Crippen LogP contribution in [0.25, 0.3) is 10.9 Å². The maximum atomic E-state index is 12.3. The molecule has 0 saturated heterocycles. The van der Waals surface area contributed by atoms with Gasteiger partial charge in [0.15, 0.2) is 0 Å². The average Bonchev–Trinajstić information content (AvgIpc) is 2.50. The van der Waals surface area contributed by atoms with E-state index in [1.165, 1.54) is 0 Å². The fraction of sp³-hybridized carbons (Fsp3) is 0.286. The lowest BCUT2D eigenvalue weighted by Crippen LogP contribution is -2.29. The molecule has 0 aliphatic carbocycles. The molecule has 4 N–H and O–H groups in total. The third kappa shape index (κ3) is 3.20. The first-order chi connectivity index (χ1) is 9.65. The summed E-state index contributed by atoms with van der Waals surface area (Å²) in [5.41, 5.74) is 3.82. The quantitative estimate of drug-likeness (QED) is 0.580. The molecular weight excluding hydrogens is 272 g/mol. The predicted molar refractivity (Wildman–Crippen MR) is 84.9 cm³/mol. The number of nitrogens with one attached hydrogen (secondary N) is 2. The Labute approximate surface area is 122 Å². The van der Waals surface area contributed by atoms with Gasteiger partial charge in [0.2, 0.25) is 0 Å². The number of nitrogen functional groups attached to an aromatic ring is 1. The average molecular weight is 290 g/mol. The standard InChI is InChI=1S/C14H18N4OS/c1-9(20-2)8-16-14(19)11-7-13(18-15)17-12-6-4-3-5-10(11)12/h3-7,9H,8,15H2,1-2H3,(H,16,19)(H,17,18). The van der Waals surface area contributed by atoms with Crippen LogP contribution in [0.4, 0.5) is 5.82 Å². The van der Waals surface area contributed by atoms with Crippen molar-refractivity contribution in [3.05, 3.63) is 35.9 Å². The number of rotatable bonds is 5. The molecule has 1 heterocycles. The number of amides is 1. The number of hydrazine groups is 1. The second-order valence-electron chi connectivity index (χ2n) is 4.47. The Morgan fingerprint density at radius 1 is 1.45 bits per heavy atom. The highest BCUT2D eigenvalue weighted by Crippen LogP contribution is 2.20. The number of fused-ring (bicyclic) bond motifs is 1. The van der Waals surface area contributed by atoms with Gasteiger partial charge in [0.05, 0.1) is 11.1 Å². The summed E-state index contributed by atoms with van der Waals surface area (Å²) in [7, 11) is 0. The van der Waals surface area contributed by atoms with Gasteiger partial charge in [0, 0.05) is 17.2 Å². The summed E-state index contributed by atoms with van der Waals surface area (Å²) >= 11 is 1.71. The Hall–Kier alpha value is -1.79. The van der Waals surface area contributed by atoms with Crippen LogP contribution < -0.4 is 16.6 Å². The molecule has 0 bridgehead atoms. The molecule has 1 aromatic heterocycles. The third-order valence-corrected chi connectivity index (χ3v) is 4.03. The van der Waals surface area contributed by atoms with Gasteiger partial charge in [0.1, 0.15) is 5.82 Å². The highest BCUT2D eigenvalue weighted by molar-refractivity contribution is 7.99. The van der Waals surface area contributed by atoms with Gasteiger partial charge in [-0.2, -0.15) is 11.8 Å². The Morgan fingerprint density at radius 3 is 2.90 bits per heavy atom. The number of nitrogens with zero attached hydrogens (tertiary/aromatic N) is 1. The molecule has 0 fully saturated rings. The van der Waals surface area contributed by atoms with E-state index < -0.39 is 0 Å². The number of pyridine rings is 1. The molecule has 2 aromatic rings. The number of carbonyl (C=O) groups is 1. The minimum atomic E-state index is -0.110. The summed E-state index contributed by atoms with van der Waals surface area (Å²) in [6, 6.07) is 9.18. The molecule has 6 heteroatoms. The van der Waals surface area contributed by atoms with Gasteiger partial charge in [-0.1, -0.05) is 25.1 Å². The fourth-order valence-electron chi connectivity index (χ4n) is 1.85. The van der Waals surface area contributed by atoms with E-state index >= 15 is 0 Å². The van der Waals surface area contributed by atoms with Gasteiger partial charge in [-0.15, -0.1) is 0 Å². The second-order valence-corrected chi connectivity index (χ2v) is 5.75. The monoisotopic (exact) mass is 290 g/mol. The van der Waals surface area contributed by atoms with Crippen LogP contribution in [0.15, 0.2) is 30.3 Å². The lowest BCUT2D eigenvalue weighted by atomic mass is 10.1. The summed E-state index contributed by atoms with van der Waals surface area (Å²) in [5.74, 6) is 5.77. The van der Waals surface area contributed by atoms with E-state index in [9.17, 15) is 4.79 Å². The zero-order valence-corrected chi connectivity index (χ0v) is 12.3. The van der Waals surface area contributed by atoms with Gasteiger partial charge < -0.3 is 10.7 Å². The molecule has 5 nitrogen and oxygen atoms in total. The number of benzene rings is 1. The van der Waals surface area contributed by atoms with E-state index in [1.807, 2.05) is 30.5 Å². The second kappa shape index (κ2) is 6.58. The molecule has 2 rings (SSSR count). The van der Waals surface area contributed by atoms with Crippen LogP contribution in [0.5, 0.6) is 0 Å². The first-order valence-electron chi connectivity index (χ1n) is 6.33. The number of carbonyl (C=O) groups excluding carboxylic acids is 1. The van der Waals surface area contributed by atoms with Gasteiger partial charge in [-0.25, -0.2) is 10.8 Å². The van der Waals surface area contributed by atoms with Crippen molar-refractivity contribution in [3.8, 4) is 0 Å². The molecule has 1 aromatic carbocycles. The van der Waals surface area contributed by atoms with Crippen molar-refractivity contribution < 1.29 is 4.79 Å². The van der Waals surface area contributed by atoms with Gasteiger partial charge in [0.25, 0.3) is 5.91 Å². The fourth-order valence-corrected chi connectivity index (χ4v) is 2.10. The van der Waals surface area contributed by atoms with Crippen molar-refractivity contribution in [2.45, 2.75) is 12.2 Å². The van der Waals surface area contributed by atoms with Crippen molar-refractivity contribution in [2.24, 2.45) is 5.84 Å². The lowest BCUT2D eigenvalue weighted by molar-refractivity contribution is 0.0956. The summed E-state index contributed by atoms with van der Waals surface area (Å²) < 4.78 is 0. The summed E-state index contributed by atoms with van der Waals surface area (Å²) in [4.78, 5) is 16.7. The normalized spacial score (nSPS) is 12.2. The van der Waals surface area contributed by atoms with Crippen molar-refractivity contribution in [2.75, 3.05) is 18.2 Å². The van der Waals surface area contributed by atoms with Crippen LogP contribution in [0, 0.1) is 0 Å². The number of thioether (sulfide) groups is 1. The van der Waals surface area contributed by atoms with Crippen LogP contribution in [0.3, 0.4) is 0 Å². The van der Waals surface area contributed by atoms with Crippen LogP contribution in [-0.4, -0.2) is 28.9 Å². The molecule has 1 unspecified atom stereocenters. The SMILES string of the molecule is CSC(C)CNC(=O)c1cc(NN)nc2ccccc12. The molecule has 0 radical (unpaired) electrons. The van der Waals surface area contributed by atoms with Crippen LogP contribution in [0.1, 0.15) is 17.3 Å². The van der Waals surface area contributed by atoms with Crippen molar-refractivity contribution in [3.63, 3.8) is 0 Å². The summed E-state index contributed by atoms with van der Waals surface area (Å²) in [6.45, 7) is 2.70. The zero-order chi connectivity index (χ0) is 14.5. The van der Waals surface area contributed by atoms with E-state index in [0.717, 1.165) is 10.9 Å². The van der Waals surface area contributed by atoms with Gasteiger partial charge >= 0.3 is 0 Å². The smallest absolute Gasteiger partial charge is 0.252 e. The molecule has 0 aliphatic rings.